The third-order valence-electron chi connectivity index (χ3n) is 4.75. The lowest BCUT2D eigenvalue weighted by molar-refractivity contribution is -0.132. The van der Waals surface area contributed by atoms with E-state index in [4.69, 9.17) is 4.52 Å². The molecule has 1 atom stereocenters. The molecule has 3 aromatic rings. The predicted octanol–water partition coefficient (Wildman–Crippen LogP) is 2.13. The first-order valence-electron chi connectivity index (χ1n) is 8.28. The van der Waals surface area contributed by atoms with E-state index in [1.165, 1.54) is 0 Å². The van der Waals surface area contributed by atoms with Crippen molar-refractivity contribution in [3.63, 3.8) is 0 Å². The normalized spacial score (nSPS) is 16.7. The van der Waals surface area contributed by atoms with E-state index in [9.17, 15) is 4.79 Å². The second kappa shape index (κ2) is 6.16. The molecule has 1 unspecified atom stereocenters. The van der Waals surface area contributed by atoms with E-state index in [-0.39, 0.29) is 18.4 Å². The van der Waals surface area contributed by atoms with Crippen molar-refractivity contribution in [1.29, 1.82) is 0 Å². The number of imidazole rings is 1. The monoisotopic (exact) mass is 337 g/mol. The molecule has 0 saturated carbocycles. The number of nitrogens with one attached hydrogen (secondary N) is 1. The zero-order valence-corrected chi connectivity index (χ0v) is 14.2. The quantitative estimate of drug-likeness (QED) is 0.791. The number of aryl methyl sites for hydroxylation is 2. The predicted molar refractivity (Wildman–Crippen MR) is 89.8 cm³/mol. The average Bonchev–Trinajstić information content (AvgIpc) is 3.23. The van der Waals surface area contributed by atoms with Gasteiger partial charge >= 0.3 is 0 Å². The Balaban J connectivity index is 1.69. The van der Waals surface area contributed by atoms with Gasteiger partial charge in [0, 0.05) is 36.6 Å². The maximum Gasteiger partial charge on any atom is 0.228 e. The summed E-state index contributed by atoms with van der Waals surface area (Å²) in [7, 11) is 0. The Morgan fingerprint density at radius 2 is 2.32 bits per heavy atom. The minimum Gasteiger partial charge on any atom is -0.361 e. The highest BCUT2D eigenvalue weighted by Gasteiger charge is 2.34. The van der Waals surface area contributed by atoms with E-state index in [0.717, 1.165) is 34.6 Å². The summed E-state index contributed by atoms with van der Waals surface area (Å²) in [6.07, 6.45) is 6.26. The van der Waals surface area contributed by atoms with Gasteiger partial charge in [0.05, 0.1) is 24.1 Å². The number of hydrogen-bond donors (Lipinski definition) is 1. The van der Waals surface area contributed by atoms with Crippen LogP contribution in [0.1, 0.15) is 40.0 Å². The number of aromatic nitrogens is 4. The lowest BCUT2D eigenvalue weighted by atomic mass is 9.96. The molecule has 3 aromatic heterocycles. The average molecular weight is 337 g/mol. The summed E-state index contributed by atoms with van der Waals surface area (Å²) < 4.78 is 5.19. The standard InChI is InChI=1S/C18H19N5O2/c1-11-14(12(2)25-22-11)8-16(24)23-7-5-15-17(21-10-20-15)18(23)13-4-3-6-19-9-13/h3-4,6,9-10,18H,5,7-8H2,1-2H3,(H,20,21). The van der Waals surface area contributed by atoms with Crippen molar-refractivity contribution in [2.24, 2.45) is 0 Å². The number of aromatic amines is 1. The van der Waals surface area contributed by atoms with Crippen LogP contribution in [0.25, 0.3) is 0 Å². The first kappa shape index (κ1) is 15.6. The van der Waals surface area contributed by atoms with E-state index in [0.29, 0.717) is 12.3 Å². The highest BCUT2D eigenvalue weighted by atomic mass is 16.5. The summed E-state index contributed by atoms with van der Waals surface area (Å²) in [5, 5.41) is 3.95. The van der Waals surface area contributed by atoms with Crippen LogP contribution in [0.2, 0.25) is 0 Å². The Hall–Kier alpha value is -2.96. The van der Waals surface area contributed by atoms with Gasteiger partial charge in [0.25, 0.3) is 0 Å². The van der Waals surface area contributed by atoms with Gasteiger partial charge in [-0.25, -0.2) is 4.98 Å². The maximum absolute atomic E-state index is 13.1. The number of pyridine rings is 1. The van der Waals surface area contributed by atoms with Crippen LogP contribution in [0.5, 0.6) is 0 Å². The number of carbonyl (C=O) groups is 1. The van der Waals surface area contributed by atoms with Crippen LogP contribution in [0.15, 0.2) is 35.4 Å². The van der Waals surface area contributed by atoms with Crippen LogP contribution in [-0.2, 0) is 17.6 Å². The molecule has 0 spiro atoms. The lowest BCUT2D eigenvalue weighted by Gasteiger charge is -2.35. The van der Waals surface area contributed by atoms with Gasteiger partial charge in [-0.1, -0.05) is 11.2 Å². The fraction of sp³-hybridized carbons (Fsp3) is 0.333. The minimum atomic E-state index is -0.225. The van der Waals surface area contributed by atoms with Gasteiger partial charge in [0.2, 0.25) is 5.91 Å². The highest BCUT2D eigenvalue weighted by Crippen LogP contribution is 2.33. The summed E-state index contributed by atoms with van der Waals surface area (Å²) in [6, 6.07) is 3.64. The molecule has 1 aliphatic rings. The molecule has 0 saturated heterocycles. The van der Waals surface area contributed by atoms with Gasteiger partial charge in [-0.2, -0.15) is 0 Å². The molecule has 1 amide bonds. The van der Waals surface area contributed by atoms with E-state index in [1.54, 1.807) is 18.7 Å². The molecule has 0 fully saturated rings. The second-order valence-electron chi connectivity index (χ2n) is 6.27. The number of H-pyrrole nitrogens is 1. The maximum atomic E-state index is 13.1. The third-order valence-corrected chi connectivity index (χ3v) is 4.75. The summed E-state index contributed by atoms with van der Waals surface area (Å²) in [4.78, 5) is 26.8. The molecular formula is C18H19N5O2. The zero-order valence-electron chi connectivity index (χ0n) is 14.2. The summed E-state index contributed by atoms with van der Waals surface area (Å²) in [5.41, 5.74) is 4.56. The van der Waals surface area contributed by atoms with E-state index >= 15 is 0 Å². The van der Waals surface area contributed by atoms with E-state index in [2.05, 4.69) is 20.1 Å². The number of carbonyl (C=O) groups excluding carboxylic acids is 1. The lowest BCUT2D eigenvalue weighted by Crippen LogP contribution is -2.41. The van der Waals surface area contributed by atoms with Crippen molar-refractivity contribution in [3.05, 3.63) is 64.8 Å². The Morgan fingerprint density at radius 1 is 1.44 bits per heavy atom. The van der Waals surface area contributed by atoms with Crippen molar-refractivity contribution >= 4 is 5.91 Å². The molecule has 4 heterocycles. The van der Waals surface area contributed by atoms with Gasteiger partial charge in [-0.15, -0.1) is 0 Å². The van der Waals surface area contributed by atoms with Crippen molar-refractivity contribution in [2.75, 3.05) is 6.54 Å². The van der Waals surface area contributed by atoms with Crippen LogP contribution in [0.3, 0.4) is 0 Å². The number of hydrogen-bond acceptors (Lipinski definition) is 5. The van der Waals surface area contributed by atoms with Gasteiger partial charge in [0.15, 0.2) is 0 Å². The van der Waals surface area contributed by atoms with Crippen molar-refractivity contribution in [1.82, 2.24) is 25.0 Å². The van der Waals surface area contributed by atoms with Gasteiger partial charge < -0.3 is 14.4 Å². The molecule has 1 aliphatic heterocycles. The van der Waals surface area contributed by atoms with Crippen molar-refractivity contribution < 1.29 is 9.32 Å². The molecule has 7 nitrogen and oxygen atoms in total. The molecular weight excluding hydrogens is 318 g/mol. The van der Waals surface area contributed by atoms with Crippen molar-refractivity contribution in [3.8, 4) is 0 Å². The topological polar surface area (TPSA) is 87.9 Å². The second-order valence-corrected chi connectivity index (χ2v) is 6.27. The number of nitrogens with zero attached hydrogens (tertiary/aromatic N) is 4. The van der Waals surface area contributed by atoms with Crippen LogP contribution in [-0.4, -0.2) is 37.5 Å². The summed E-state index contributed by atoms with van der Waals surface area (Å²) in [5.74, 6) is 0.734. The van der Waals surface area contributed by atoms with E-state index < -0.39 is 0 Å². The van der Waals surface area contributed by atoms with Gasteiger partial charge in [-0.05, 0) is 25.5 Å². The molecule has 128 valence electrons. The molecule has 0 radical (unpaired) electrons. The number of rotatable bonds is 3. The molecule has 0 aromatic carbocycles. The van der Waals surface area contributed by atoms with Crippen LogP contribution in [0.4, 0.5) is 0 Å². The Bertz CT molecular complexity index is 880. The minimum absolute atomic E-state index is 0.0388. The number of fused-ring (bicyclic) bond motifs is 1. The summed E-state index contributed by atoms with van der Waals surface area (Å²) in [6.45, 7) is 4.33. The van der Waals surface area contributed by atoms with Crippen LogP contribution in [0, 0.1) is 13.8 Å². The SMILES string of the molecule is Cc1noc(C)c1CC(=O)N1CCc2[nH]cnc2C1c1cccnc1. The first-order chi connectivity index (χ1) is 12.1. The fourth-order valence-corrected chi connectivity index (χ4v) is 3.43. The molecule has 7 heteroatoms. The van der Waals surface area contributed by atoms with Crippen molar-refractivity contribution in [2.45, 2.75) is 32.7 Å². The van der Waals surface area contributed by atoms with Crippen LogP contribution >= 0.6 is 0 Å². The Labute approximate surface area is 145 Å². The number of amides is 1. The zero-order chi connectivity index (χ0) is 17.4. The van der Waals surface area contributed by atoms with Gasteiger partial charge in [0.1, 0.15) is 11.8 Å². The summed E-state index contributed by atoms with van der Waals surface area (Å²) >= 11 is 0. The molecule has 4 rings (SSSR count). The van der Waals surface area contributed by atoms with Crippen LogP contribution < -0.4 is 0 Å². The highest BCUT2D eigenvalue weighted by molar-refractivity contribution is 5.80. The Morgan fingerprint density at radius 3 is 3.04 bits per heavy atom. The van der Waals surface area contributed by atoms with E-state index in [1.807, 2.05) is 30.9 Å². The smallest absolute Gasteiger partial charge is 0.228 e. The first-order valence-corrected chi connectivity index (χ1v) is 8.28. The van der Waals surface area contributed by atoms with Gasteiger partial charge in [-0.3, -0.25) is 9.78 Å². The molecule has 0 bridgehead atoms. The largest absolute Gasteiger partial charge is 0.361 e. The molecule has 0 aliphatic carbocycles. The Kier molecular flexibility index (Phi) is 3.83. The molecule has 25 heavy (non-hydrogen) atoms. The molecule has 1 N–H and O–H groups in total. The third kappa shape index (κ3) is 2.71. The fourth-order valence-electron chi connectivity index (χ4n) is 3.43.